The lowest BCUT2D eigenvalue weighted by molar-refractivity contribution is -0.188. The van der Waals surface area contributed by atoms with Gasteiger partial charge >= 0.3 is 6.18 Å². The molecular formula is C13H20F3N3O2. The van der Waals surface area contributed by atoms with Crippen LogP contribution in [0.2, 0.25) is 0 Å². The minimum Gasteiger partial charge on any atom is -0.351 e. The van der Waals surface area contributed by atoms with Crippen molar-refractivity contribution < 1.29 is 22.8 Å². The topological polar surface area (TPSA) is 52.7 Å². The number of likely N-dealkylation sites (tertiary alicyclic amines) is 2. The number of likely N-dealkylation sites (N-methyl/N-ethyl adjacent to an activating group) is 1. The Kier molecular flexibility index (Phi) is 4.75. The lowest BCUT2D eigenvalue weighted by Crippen LogP contribution is -2.55. The van der Waals surface area contributed by atoms with Crippen LogP contribution in [0.3, 0.4) is 0 Å². The number of hydrogen-bond acceptors (Lipinski definition) is 3. The number of alkyl halides is 3. The van der Waals surface area contributed by atoms with Gasteiger partial charge in [-0.1, -0.05) is 0 Å². The first kappa shape index (κ1) is 16.1. The first-order valence-electron chi connectivity index (χ1n) is 7.11. The quantitative estimate of drug-likeness (QED) is 0.837. The van der Waals surface area contributed by atoms with E-state index in [1.807, 2.05) is 0 Å². The highest BCUT2D eigenvalue weighted by atomic mass is 19.4. The summed E-state index contributed by atoms with van der Waals surface area (Å²) in [5.74, 6) is -0.336. The van der Waals surface area contributed by atoms with E-state index in [4.69, 9.17) is 0 Å². The van der Waals surface area contributed by atoms with Crippen LogP contribution in [-0.4, -0.2) is 66.6 Å². The Balaban J connectivity index is 1.79. The lowest BCUT2D eigenvalue weighted by Gasteiger charge is -2.38. The fourth-order valence-electron chi connectivity index (χ4n) is 2.99. The Morgan fingerprint density at radius 2 is 2.10 bits per heavy atom. The number of nitrogens with zero attached hydrogens (tertiary/aromatic N) is 2. The number of carbonyl (C=O) groups is 2. The smallest absolute Gasteiger partial charge is 0.351 e. The molecule has 2 saturated heterocycles. The van der Waals surface area contributed by atoms with Crippen molar-refractivity contribution in [2.24, 2.45) is 0 Å². The molecule has 0 aliphatic carbocycles. The van der Waals surface area contributed by atoms with E-state index in [1.54, 1.807) is 0 Å². The molecule has 0 aromatic carbocycles. The molecule has 0 bridgehead atoms. The molecule has 5 nitrogen and oxygen atoms in total. The fraction of sp³-hybridized carbons (Fsp3) is 0.846. The van der Waals surface area contributed by atoms with Gasteiger partial charge in [-0.15, -0.1) is 0 Å². The van der Waals surface area contributed by atoms with E-state index in [0.29, 0.717) is 19.4 Å². The van der Waals surface area contributed by atoms with Gasteiger partial charge in [0.15, 0.2) is 0 Å². The van der Waals surface area contributed by atoms with Crippen molar-refractivity contribution in [3.05, 3.63) is 0 Å². The molecule has 2 fully saturated rings. The van der Waals surface area contributed by atoms with Crippen LogP contribution in [0.15, 0.2) is 0 Å². The highest BCUT2D eigenvalue weighted by Gasteiger charge is 2.44. The van der Waals surface area contributed by atoms with Crippen LogP contribution >= 0.6 is 0 Å². The predicted octanol–water partition coefficient (Wildman–Crippen LogP) is 0.750. The van der Waals surface area contributed by atoms with E-state index in [9.17, 15) is 22.8 Å². The van der Waals surface area contributed by atoms with Crippen molar-refractivity contribution in [1.29, 1.82) is 0 Å². The largest absolute Gasteiger partial charge is 0.404 e. The summed E-state index contributed by atoms with van der Waals surface area (Å²) >= 11 is 0. The predicted molar refractivity (Wildman–Crippen MR) is 69.5 cm³/mol. The van der Waals surface area contributed by atoms with Crippen molar-refractivity contribution in [3.8, 4) is 0 Å². The van der Waals surface area contributed by atoms with Crippen molar-refractivity contribution >= 4 is 11.8 Å². The number of piperidine rings is 1. The zero-order valence-corrected chi connectivity index (χ0v) is 11.9. The number of amides is 2. The second-order valence-electron chi connectivity index (χ2n) is 5.76. The monoisotopic (exact) mass is 307 g/mol. The van der Waals surface area contributed by atoms with Crippen molar-refractivity contribution in [2.75, 3.05) is 26.7 Å². The van der Waals surface area contributed by atoms with Gasteiger partial charge in [-0.3, -0.25) is 14.5 Å². The average Bonchev–Trinajstić information content (AvgIpc) is 2.73. The second-order valence-corrected chi connectivity index (χ2v) is 5.76. The Labute approximate surface area is 121 Å². The summed E-state index contributed by atoms with van der Waals surface area (Å²) in [6.07, 6.45) is -2.73. The zero-order chi connectivity index (χ0) is 15.6. The molecule has 2 aliphatic heterocycles. The standard InChI is InChI=1S/C13H20F3N3O2/c1-18-7-9(4-5-10(18)13(14,15)16)17-11(20)8-19-6-2-3-12(19)21/h9-10H,2-8H2,1H3,(H,17,20)/t9-,10+/m0/s1. The summed E-state index contributed by atoms with van der Waals surface area (Å²) in [5, 5.41) is 2.73. The van der Waals surface area contributed by atoms with Gasteiger partial charge in [0.05, 0.1) is 6.54 Å². The molecule has 0 aromatic rings. The molecule has 0 radical (unpaired) electrons. The fourth-order valence-corrected chi connectivity index (χ4v) is 2.99. The number of hydrogen-bond donors (Lipinski definition) is 1. The molecule has 2 atom stereocenters. The Morgan fingerprint density at radius 3 is 2.62 bits per heavy atom. The van der Waals surface area contributed by atoms with Gasteiger partial charge in [-0.2, -0.15) is 13.2 Å². The van der Waals surface area contributed by atoms with Gasteiger partial charge in [0, 0.05) is 25.6 Å². The molecule has 21 heavy (non-hydrogen) atoms. The van der Waals surface area contributed by atoms with E-state index in [0.717, 1.165) is 6.42 Å². The number of carbonyl (C=O) groups excluding carboxylic acids is 2. The van der Waals surface area contributed by atoms with Crippen LogP contribution in [-0.2, 0) is 9.59 Å². The van der Waals surface area contributed by atoms with Gasteiger partial charge < -0.3 is 10.2 Å². The van der Waals surface area contributed by atoms with Gasteiger partial charge in [0.2, 0.25) is 11.8 Å². The maximum atomic E-state index is 12.7. The van der Waals surface area contributed by atoms with E-state index in [2.05, 4.69) is 5.32 Å². The zero-order valence-electron chi connectivity index (χ0n) is 11.9. The van der Waals surface area contributed by atoms with Gasteiger partial charge in [-0.25, -0.2) is 0 Å². The molecule has 0 spiro atoms. The summed E-state index contributed by atoms with van der Waals surface area (Å²) in [6, 6.07) is -1.73. The highest BCUT2D eigenvalue weighted by molar-refractivity contribution is 5.85. The minimum atomic E-state index is -4.23. The summed E-state index contributed by atoms with van der Waals surface area (Å²) in [5.41, 5.74) is 0. The maximum absolute atomic E-state index is 12.7. The molecule has 1 N–H and O–H groups in total. The molecule has 120 valence electrons. The third-order valence-corrected chi connectivity index (χ3v) is 4.08. The average molecular weight is 307 g/mol. The summed E-state index contributed by atoms with van der Waals surface area (Å²) < 4.78 is 38.2. The second kappa shape index (κ2) is 6.21. The minimum absolute atomic E-state index is 0.00173. The van der Waals surface area contributed by atoms with Crippen LogP contribution in [0.1, 0.15) is 25.7 Å². The maximum Gasteiger partial charge on any atom is 0.404 e. The number of nitrogens with one attached hydrogen (secondary N) is 1. The Hall–Kier alpha value is -1.31. The normalized spacial score (nSPS) is 28.0. The first-order valence-corrected chi connectivity index (χ1v) is 7.11. The van der Waals surface area contributed by atoms with E-state index in [1.165, 1.54) is 16.8 Å². The molecule has 2 aliphatic rings. The van der Waals surface area contributed by atoms with Crippen LogP contribution in [0.5, 0.6) is 0 Å². The molecule has 0 saturated carbocycles. The highest BCUT2D eigenvalue weighted by Crippen LogP contribution is 2.30. The van der Waals surface area contributed by atoms with Crippen molar-refractivity contribution in [2.45, 2.75) is 43.9 Å². The van der Waals surface area contributed by atoms with Crippen LogP contribution < -0.4 is 5.32 Å². The van der Waals surface area contributed by atoms with Gasteiger partial charge in [0.1, 0.15) is 6.04 Å². The molecule has 2 amide bonds. The van der Waals surface area contributed by atoms with E-state index < -0.39 is 12.2 Å². The number of halogens is 3. The van der Waals surface area contributed by atoms with Crippen molar-refractivity contribution in [3.63, 3.8) is 0 Å². The van der Waals surface area contributed by atoms with Gasteiger partial charge in [0.25, 0.3) is 0 Å². The van der Waals surface area contributed by atoms with Crippen LogP contribution in [0, 0.1) is 0 Å². The third-order valence-electron chi connectivity index (χ3n) is 4.08. The lowest BCUT2D eigenvalue weighted by atomic mass is 9.98. The molecule has 2 heterocycles. The molecule has 8 heteroatoms. The SMILES string of the molecule is CN1C[C@@H](NC(=O)CN2CCCC2=O)CC[C@@H]1C(F)(F)F. The molecular weight excluding hydrogens is 287 g/mol. The first-order chi connectivity index (χ1) is 9.77. The van der Waals surface area contributed by atoms with Crippen LogP contribution in [0.4, 0.5) is 13.2 Å². The molecule has 0 unspecified atom stereocenters. The van der Waals surface area contributed by atoms with E-state index >= 15 is 0 Å². The van der Waals surface area contributed by atoms with Crippen molar-refractivity contribution in [1.82, 2.24) is 15.1 Å². The van der Waals surface area contributed by atoms with Gasteiger partial charge in [-0.05, 0) is 26.3 Å². The Bertz CT molecular complexity index is 414. The molecule has 0 aromatic heterocycles. The number of rotatable bonds is 3. The summed E-state index contributed by atoms with van der Waals surface area (Å²) in [7, 11) is 1.42. The molecule has 2 rings (SSSR count). The Morgan fingerprint density at radius 1 is 1.38 bits per heavy atom. The summed E-state index contributed by atoms with van der Waals surface area (Å²) in [4.78, 5) is 26.0. The van der Waals surface area contributed by atoms with E-state index in [-0.39, 0.29) is 37.4 Å². The van der Waals surface area contributed by atoms with Crippen LogP contribution in [0.25, 0.3) is 0 Å². The summed E-state index contributed by atoms with van der Waals surface area (Å²) in [6.45, 7) is 0.749. The third kappa shape index (κ3) is 4.09.